The normalized spacial score (nSPS) is 10.3. The quantitative estimate of drug-likeness (QED) is 0.660. The molecule has 4 heteroatoms. The van der Waals surface area contributed by atoms with Gasteiger partial charge in [0.2, 0.25) is 0 Å². The van der Waals surface area contributed by atoms with Crippen LogP contribution in [-0.4, -0.2) is 7.05 Å². The summed E-state index contributed by atoms with van der Waals surface area (Å²) in [5.74, 6) is 0. The largest absolute Gasteiger partial charge is 1.00 e. The predicted molar refractivity (Wildman–Crippen MR) is 75.6 cm³/mol. The summed E-state index contributed by atoms with van der Waals surface area (Å²) < 4.78 is 0. The first kappa shape index (κ1) is 23.8. The number of aryl methyl sites for hydroxylation is 1. The Kier molecular flexibility index (Phi) is 20.9. The van der Waals surface area contributed by atoms with Gasteiger partial charge in [0.05, 0.1) is 6.10 Å². The molecule has 0 heterocycles. The summed E-state index contributed by atoms with van der Waals surface area (Å²) >= 11 is 0. The Morgan fingerprint density at radius 1 is 1.22 bits per heavy atom. The molecule has 0 radical (unpaired) electrons. The third-order valence-corrected chi connectivity index (χ3v) is 2.28. The number of hydrogen-bond acceptors (Lipinski definition) is 2. The van der Waals surface area contributed by atoms with E-state index < -0.39 is 0 Å². The molecule has 1 aromatic rings. The van der Waals surface area contributed by atoms with Crippen molar-refractivity contribution in [2.45, 2.75) is 46.6 Å². The fourth-order valence-electron chi connectivity index (χ4n) is 1.64. The van der Waals surface area contributed by atoms with E-state index in [0.717, 1.165) is 12.8 Å². The van der Waals surface area contributed by atoms with Gasteiger partial charge in [-0.2, -0.15) is 0 Å². The number of hydroxylamine groups is 1. The number of nitrogens with zero attached hydrogens (tertiary/aromatic N) is 1. The minimum absolute atomic E-state index is 0. The van der Waals surface area contributed by atoms with Gasteiger partial charge >= 0.3 is 51.4 Å². The zero-order chi connectivity index (χ0) is 12.4. The Morgan fingerprint density at radius 3 is 2.28 bits per heavy atom. The summed E-state index contributed by atoms with van der Waals surface area (Å²) in [6.45, 7) is 8.22. The van der Waals surface area contributed by atoms with E-state index in [4.69, 9.17) is 4.84 Å². The van der Waals surface area contributed by atoms with Crippen LogP contribution in [0, 0.1) is 0 Å². The molecule has 0 amide bonds. The van der Waals surface area contributed by atoms with Crippen molar-refractivity contribution >= 4 is 0 Å². The van der Waals surface area contributed by atoms with E-state index in [-0.39, 0.29) is 63.6 Å². The fraction of sp³-hybridized carbons (Fsp3) is 0.571. The van der Waals surface area contributed by atoms with E-state index in [1.165, 1.54) is 11.1 Å². The zero-order valence-electron chi connectivity index (χ0n) is 12.9. The van der Waals surface area contributed by atoms with Crippen molar-refractivity contribution < 1.29 is 56.2 Å². The van der Waals surface area contributed by atoms with Crippen molar-refractivity contribution in [3.8, 4) is 0 Å². The van der Waals surface area contributed by atoms with Crippen LogP contribution in [0.15, 0.2) is 24.3 Å². The maximum Gasteiger partial charge on any atom is 1.00 e. The average Bonchev–Trinajstić information content (AvgIpc) is 2.33. The maximum absolute atomic E-state index is 5.24. The second-order valence-corrected chi connectivity index (χ2v) is 3.38. The Morgan fingerprint density at radius 2 is 1.78 bits per heavy atom. The Hall–Kier alpha value is 0.736. The first-order valence-electron chi connectivity index (χ1n) is 6.12. The van der Waals surface area contributed by atoms with Crippen LogP contribution in [0.2, 0.25) is 0 Å². The first-order valence-corrected chi connectivity index (χ1v) is 6.12. The van der Waals surface area contributed by atoms with Crippen molar-refractivity contribution in [2.24, 2.45) is 0 Å². The number of benzene rings is 1. The van der Waals surface area contributed by atoms with E-state index in [9.17, 15) is 0 Å². The third kappa shape index (κ3) is 8.77. The molecule has 1 rings (SSSR count). The SMILES string of the molecule is CC.CCCc1ccccc1[C@H](C)O[N-]C.N.[K+]. The summed E-state index contributed by atoms with van der Waals surface area (Å²) in [7, 11) is 1.67. The third-order valence-electron chi connectivity index (χ3n) is 2.28. The Labute approximate surface area is 155 Å². The average molecular weight is 278 g/mol. The topological polar surface area (TPSA) is 58.3 Å². The van der Waals surface area contributed by atoms with Crippen molar-refractivity contribution in [2.75, 3.05) is 7.05 Å². The molecule has 100 valence electrons. The van der Waals surface area contributed by atoms with Gasteiger partial charge in [0.25, 0.3) is 0 Å². The van der Waals surface area contributed by atoms with Crippen LogP contribution >= 0.6 is 0 Å². The molecule has 0 aliphatic carbocycles. The maximum atomic E-state index is 5.24. The second kappa shape index (κ2) is 15.8. The van der Waals surface area contributed by atoms with Crippen LogP contribution in [0.25, 0.3) is 5.48 Å². The van der Waals surface area contributed by atoms with Gasteiger partial charge in [-0.05, 0) is 24.5 Å². The molecular formula is C14H27KN2O. The molecule has 0 unspecified atom stereocenters. The minimum Gasteiger partial charge on any atom is -0.536 e. The number of rotatable bonds is 5. The van der Waals surface area contributed by atoms with Gasteiger partial charge in [0.1, 0.15) is 0 Å². The van der Waals surface area contributed by atoms with E-state index in [0.29, 0.717) is 0 Å². The summed E-state index contributed by atoms with van der Waals surface area (Å²) in [6.07, 6.45) is 2.32. The molecule has 0 aliphatic rings. The molecule has 0 saturated carbocycles. The monoisotopic (exact) mass is 278 g/mol. The molecule has 0 fully saturated rings. The van der Waals surface area contributed by atoms with Crippen LogP contribution in [0.5, 0.6) is 0 Å². The summed E-state index contributed by atoms with van der Waals surface area (Å²) in [5.41, 5.74) is 6.33. The molecule has 1 aromatic carbocycles. The smallest absolute Gasteiger partial charge is 0.536 e. The standard InChI is InChI=1S/C12H18NO.C2H6.K.H3N/c1-4-7-11-8-5-6-9-12(11)10(2)14-13-3;1-2;;/h5-6,8-10H,4,7H2,1-3H3;1-2H3;;1H3/q-1;;+1;/t10-;;;/m0.../s1. The van der Waals surface area contributed by atoms with E-state index in [1.807, 2.05) is 26.8 Å². The molecule has 0 aliphatic heterocycles. The summed E-state index contributed by atoms with van der Waals surface area (Å²) in [5, 5.41) is 0. The van der Waals surface area contributed by atoms with Gasteiger partial charge in [0.15, 0.2) is 0 Å². The van der Waals surface area contributed by atoms with Crippen LogP contribution in [0.4, 0.5) is 0 Å². The van der Waals surface area contributed by atoms with Crippen LogP contribution < -0.4 is 57.5 Å². The summed E-state index contributed by atoms with van der Waals surface area (Å²) in [4.78, 5) is 5.24. The molecule has 0 saturated heterocycles. The van der Waals surface area contributed by atoms with Crippen LogP contribution in [-0.2, 0) is 11.3 Å². The second-order valence-electron chi connectivity index (χ2n) is 3.38. The van der Waals surface area contributed by atoms with E-state index in [1.54, 1.807) is 7.05 Å². The van der Waals surface area contributed by atoms with Gasteiger partial charge < -0.3 is 16.5 Å². The van der Waals surface area contributed by atoms with Crippen LogP contribution in [0.3, 0.4) is 0 Å². The van der Waals surface area contributed by atoms with E-state index in [2.05, 4.69) is 30.6 Å². The first-order chi connectivity index (χ1) is 7.79. The van der Waals surface area contributed by atoms with Gasteiger partial charge in [-0.25, -0.2) is 0 Å². The van der Waals surface area contributed by atoms with Crippen molar-refractivity contribution in [3.63, 3.8) is 0 Å². The molecule has 3 nitrogen and oxygen atoms in total. The number of hydrogen-bond donors (Lipinski definition) is 1. The molecule has 0 aromatic heterocycles. The minimum atomic E-state index is 0. The van der Waals surface area contributed by atoms with Gasteiger partial charge in [-0.1, -0.05) is 51.5 Å². The molecule has 1 atom stereocenters. The molecule has 0 bridgehead atoms. The van der Waals surface area contributed by atoms with Crippen molar-refractivity contribution in [1.82, 2.24) is 6.15 Å². The Balaban J connectivity index is -0.000000534. The van der Waals surface area contributed by atoms with Crippen molar-refractivity contribution in [1.29, 1.82) is 0 Å². The van der Waals surface area contributed by atoms with Gasteiger partial charge in [-0.15, -0.1) is 7.05 Å². The fourth-order valence-corrected chi connectivity index (χ4v) is 1.64. The van der Waals surface area contributed by atoms with Crippen molar-refractivity contribution in [3.05, 3.63) is 40.9 Å². The predicted octanol–water partition coefficient (Wildman–Crippen LogP) is 1.83. The Bertz CT molecular complexity index is 282. The van der Waals surface area contributed by atoms with Gasteiger partial charge in [-0.3, -0.25) is 0 Å². The molecule has 3 N–H and O–H groups in total. The molecule has 18 heavy (non-hydrogen) atoms. The zero-order valence-corrected chi connectivity index (χ0v) is 16.0. The molecular weight excluding hydrogens is 251 g/mol. The summed E-state index contributed by atoms with van der Waals surface area (Å²) in [6, 6.07) is 8.39. The van der Waals surface area contributed by atoms with Crippen LogP contribution in [0.1, 0.15) is 51.3 Å². The molecule has 0 spiro atoms. The van der Waals surface area contributed by atoms with Gasteiger partial charge in [0, 0.05) is 0 Å². The van der Waals surface area contributed by atoms with E-state index >= 15 is 0 Å².